The first-order chi connectivity index (χ1) is 7.88. The summed E-state index contributed by atoms with van der Waals surface area (Å²) in [4.78, 5) is 10.4. The van der Waals surface area contributed by atoms with Crippen LogP contribution in [0.4, 0.5) is 0 Å². The van der Waals surface area contributed by atoms with Crippen molar-refractivity contribution in [3.8, 4) is 11.8 Å². The summed E-state index contributed by atoms with van der Waals surface area (Å²) < 4.78 is 1.76. The predicted octanol–water partition coefficient (Wildman–Crippen LogP) is 1.75. The first-order valence-corrected chi connectivity index (χ1v) is 4.90. The minimum Gasteiger partial charge on any atom is -0.298 e. The molecule has 3 nitrogen and oxygen atoms in total. The van der Waals surface area contributed by atoms with Crippen molar-refractivity contribution in [2.24, 2.45) is 0 Å². The van der Waals surface area contributed by atoms with E-state index in [1.165, 1.54) is 0 Å². The molecule has 0 saturated heterocycles. The Morgan fingerprint density at radius 2 is 2.12 bits per heavy atom. The van der Waals surface area contributed by atoms with Gasteiger partial charge in [-0.2, -0.15) is 5.10 Å². The van der Waals surface area contributed by atoms with Crippen molar-refractivity contribution in [2.45, 2.75) is 6.54 Å². The molecule has 0 aliphatic heterocycles. The second-order valence-corrected chi connectivity index (χ2v) is 3.25. The highest BCUT2D eigenvalue weighted by Crippen LogP contribution is 2.00. The molecule has 1 heterocycles. The highest BCUT2D eigenvalue weighted by molar-refractivity contribution is 5.74. The minimum atomic E-state index is 0.572. The Kier molecular flexibility index (Phi) is 3.15. The van der Waals surface area contributed by atoms with Crippen molar-refractivity contribution in [3.05, 3.63) is 53.9 Å². The Morgan fingerprint density at radius 1 is 1.31 bits per heavy atom. The standard InChI is InChI=1S/C13H10N2O/c16-11-13-6-4-12(5-7-13)3-1-9-15-10-2-8-14-15/h2,4-8,10-11H,9H2. The van der Waals surface area contributed by atoms with Crippen molar-refractivity contribution >= 4 is 6.29 Å². The van der Waals surface area contributed by atoms with Gasteiger partial charge in [-0.05, 0) is 18.2 Å². The fourth-order valence-corrected chi connectivity index (χ4v) is 1.26. The number of benzene rings is 1. The molecule has 0 fully saturated rings. The molecule has 0 spiro atoms. The van der Waals surface area contributed by atoms with Crippen LogP contribution in [0.2, 0.25) is 0 Å². The van der Waals surface area contributed by atoms with Crippen molar-refractivity contribution in [1.29, 1.82) is 0 Å². The van der Waals surface area contributed by atoms with Crippen LogP contribution in [0, 0.1) is 11.8 Å². The average Bonchev–Trinajstić information content (AvgIpc) is 2.83. The van der Waals surface area contributed by atoms with Crippen LogP contribution in [-0.2, 0) is 6.54 Å². The summed E-state index contributed by atoms with van der Waals surface area (Å²) >= 11 is 0. The highest BCUT2D eigenvalue weighted by atomic mass is 16.1. The molecule has 2 rings (SSSR count). The topological polar surface area (TPSA) is 34.9 Å². The number of carbonyl (C=O) groups excluding carboxylic acids is 1. The number of aromatic nitrogens is 2. The number of nitrogens with zero attached hydrogens (tertiary/aromatic N) is 2. The maximum Gasteiger partial charge on any atom is 0.150 e. The molecule has 0 saturated carbocycles. The van der Waals surface area contributed by atoms with Crippen molar-refractivity contribution in [1.82, 2.24) is 9.78 Å². The van der Waals surface area contributed by atoms with Crippen LogP contribution < -0.4 is 0 Å². The number of carbonyl (C=O) groups is 1. The lowest BCUT2D eigenvalue weighted by Gasteiger charge is -1.92. The molecule has 0 aliphatic rings. The summed E-state index contributed by atoms with van der Waals surface area (Å²) in [5.74, 6) is 6.01. The van der Waals surface area contributed by atoms with E-state index in [4.69, 9.17) is 0 Å². The normalized spacial score (nSPS) is 9.25. The van der Waals surface area contributed by atoms with Gasteiger partial charge in [-0.3, -0.25) is 9.48 Å². The zero-order valence-electron chi connectivity index (χ0n) is 8.63. The largest absolute Gasteiger partial charge is 0.298 e. The van der Waals surface area contributed by atoms with Gasteiger partial charge in [-0.15, -0.1) is 0 Å². The second kappa shape index (κ2) is 4.94. The van der Waals surface area contributed by atoms with Crippen molar-refractivity contribution < 1.29 is 4.79 Å². The minimum absolute atomic E-state index is 0.572. The first-order valence-electron chi connectivity index (χ1n) is 4.90. The highest BCUT2D eigenvalue weighted by Gasteiger charge is 1.89. The molecule has 0 amide bonds. The molecule has 0 bridgehead atoms. The fourth-order valence-electron chi connectivity index (χ4n) is 1.26. The van der Waals surface area contributed by atoms with E-state index in [0.29, 0.717) is 12.1 Å². The SMILES string of the molecule is O=Cc1ccc(C#CCn2cccn2)cc1. The van der Waals surface area contributed by atoms with E-state index in [2.05, 4.69) is 16.9 Å². The third kappa shape index (κ3) is 2.58. The van der Waals surface area contributed by atoms with E-state index in [0.717, 1.165) is 11.8 Å². The summed E-state index contributed by atoms with van der Waals surface area (Å²) in [6.07, 6.45) is 4.41. The van der Waals surface area contributed by atoms with Gasteiger partial charge in [0, 0.05) is 23.5 Å². The van der Waals surface area contributed by atoms with E-state index in [1.54, 1.807) is 23.0 Å². The number of hydrogen-bond acceptors (Lipinski definition) is 2. The number of hydrogen-bond donors (Lipinski definition) is 0. The number of aldehydes is 1. The lowest BCUT2D eigenvalue weighted by atomic mass is 10.1. The molecular weight excluding hydrogens is 200 g/mol. The van der Waals surface area contributed by atoms with Gasteiger partial charge < -0.3 is 0 Å². The number of rotatable bonds is 2. The smallest absolute Gasteiger partial charge is 0.150 e. The van der Waals surface area contributed by atoms with Gasteiger partial charge in [0.1, 0.15) is 12.8 Å². The summed E-state index contributed by atoms with van der Waals surface area (Å²) in [5, 5.41) is 4.04. The molecule has 0 N–H and O–H groups in total. The van der Waals surface area contributed by atoms with E-state index < -0.39 is 0 Å². The van der Waals surface area contributed by atoms with Gasteiger partial charge in [0.05, 0.1) is 0 Å². The molecule has 0 atom stereocenters. The average molecular weight is 210 g/mol. The van der Waals surface area contributed by atoms with E-state index >= 15 is 0 Å². The maximum absolute atomic E-state index is 10.4. The van der Waals surface area contributed by atoms with Gasteiger partial charge in [-0.1, -0.05) is 24.0 Å². The van der Waals surface area contributed by atoms with Crippen LogP contribution in [0.15, 0.2) is 42.7 Å². The van der Waals surface area contributed by atoms with Crippen LogP contribution >= 0.6 is 0 Å². The third-order valence-electron chi connectivity index (χ3n) is 2.08. The molecule has 16 heavy (non-hydrogen) atoms. The van der Waals surface area contributed by atoms with Crippen molar-refractivity contribution in [3.63, 3.8) is 0 Å². The van der Waals surface area contributed by atoms with Crippen LogP contribution in [0.3, 0.4) is 0 Å². The summed E-state index contributed by atoms with van der Waals surface area (Å²) in [6, 6.07) is 9.04. The van der Waals surface area contributed by atoms with Crippen LogP contribution in [0.5, 0.6) is 0 Å². The Labute approximate surface area is 93.7 Å². The zero-order chi connectivity index (χ0) is 11.2. The Bertz CT molecular complexity index is 515. The quantitative estimate of drug-likeness (QED) is 0.559. The van der Waals surface area contributed by atoms with Crippen molar-refractivity contribution in [2.75, 3.05) is 0 Å². The van der Waals surface area contributed by atoms with E-state index in [-0.39, 0.29) is 0 Å². The van der Waals surface area contributed by atoms with Crippen LogP contribution in [-0.4, -0.2) is 16.1 Å². The van der Waals surface area contributed by atoms with Gasteiger partial charge in [0.25, 0.3) is 0 Å². The van der Waals surface area contributed by atoms with E-state index in [1.807, 2.05) is 24.4 Å². The zero-order valence-corrected chi connectivity index (χ0v) is 8.63. The van der Waals surface area contributed by atoms with Gasteiger partial charge in [0.2, 0.25) is 0 Å². The first kappa shape index (κ1) is 10.2. The van der Waals surface area contributed by atoms with Gasteiger partial charge in [0.15, 0.2) is 0 Å². The Morgan fingerprint density at radius 3 is 2.75 bits per heavy atom. The monoisotopic (exact) mass is 210 g/mol. The fraction of sp³-hybridized carbons (Fsp3) is 0.0769. The lowest BCUT2D eigenvalue weighted by molar-refractivity contribution is 0.112. The molecule has 0 radical (unpaired) electrons. The molecule has 3 heteroatoms. The lowest BCUT2D eigenvalue weighted by Crippen LogP contribution is -1.94. The molecule has 1 aromatic carbocycles. The molecule has 0 unspecified atom stereocenters. The predicted molar refractivity (Wildman–Crippen MR) is 60.9 cm³/mol. The maximum atomic E-state index is 10.4. The molecule has 0 aliphatic carbocycles. The third-order valence-corrected chi connectivity index (χ3v) is 2.08. The molecule has 1 aromatic heterocycles. The summed E-state index contributed by atoms with van der Waals surface area (Å²) in [7, 11) is 0. The molecule has 2 aromatic rings. The Balaban J connectivity index is 2.03. The molecule has 78 valence electrons. The Hall–Kier alpha value is -2.34. The van der Waals surface area contributed by atoms with Gasteiger partial charge in [-0.25, -0.2) is 0 Å². The summed E-state index contributed by atoms with van der Waals surface area (Å²) in [5.41, 5.74) is 1.57. The summed E-state index contributed by atoms with van der Waals surface area (Å²) in [6.45, 7) is 0.572. The van der Waals surface area contributed by atoms with Gasteiger partial charge >= 0.3 is 0 Å². The van der Waals surface area contributed by atoms with E-state index in [9.17, 15) is 4.79 Å². The van der Waals surface area contributed by atoms with Crippen LogP contribution in [0.1, 0.15) is 15.9 Å². The molecular formula is C13H10N2O. The second-order valence-electron chi connectivity index (χ2n) is 3.25. The van der Waals surface area contributed by atoms with Crippen LogP contribution in [0.25, 0.3) is 0 Å².